The van der Waals surface area contributed by atoms with Gasteiger partial charge in [0.05, 0.1) is 53.2 Å². The highest BCUT2D eigenvalue weighted by atomic mass is 32.2. The van der Waals surface area contributed by atoms with Crippen LogP contribution in [0.25, 0.3) is 0 Å². The Bertz CT molecular complexity index is 2550. The van der Waals surface area contributed by atoms with Gasteiger partial charge in [0.15, 0.2) is 0 Å². The van der Waals surface area contributed by atoms with Gasteiger partial charge in [0.25, 0.3) is 11.8 Å². The van der Waals surface area contributed by atoms with Crippen LogP contribution in [0.2, 0.25) is 0 Å². The summed E-state index contributed by atoms with van der Waals surface area (Å²) in [6.07, 6.45) is 5.28. The predicted molar refractivity (Wildman–Crippen MR) is 307 cm³/mol. The molecule has 0 spiro atoms. The Balaban J connectivity index is 1.17. The second kappa shape index (κ2) is 24.8. The Morgan fingerprint density at radius 2 is 0.729 bits per heavy atom. The molecule has 4 heterocycles. The molecule has 0 atom stereocenters. The molecule has 2 amide bonds. The maximum Gasteiger partial charge on any atom is 0.262 e. The van der Waals surface area contributed by atoms with Crippen LogP contribution < -0.4 is 29.6 Å². The van der Waals surface area contributed by atoms with Gasteiger partial charge in [0.2, 0.25) is 0 Å². The van der Waals surface area contributed by atoms with E-state index in [0.29, 0.717) is 73.3 Å². The zero-order valence-corrected chi connectivity index (χ0v) is 46.0. The van der Waals surface area contributed by atoms with Gasteiger partial charge in [-0.3, -0.25) is 9.59 Å². The summed E-state index contributed by atoms with van der Waals surface area (Å²) in [5.74, 6) is 2.96. The topological polar surface area (TPSA) is 95.1 Å². The molecule has 0 fully saturated rings. The number of carbonyl (C=O) groups excluding carboxylic acids is 2. The number of rotatable bonds is 16. The fourth-order valence-electron chi connectivity index (χ4n) is 8.27. The maximum atomic E-state index is 14.1. The van der Waals surface area contributed by atoms with Crippen molar-refractivity contribution >= 4 is 117 Å². The van der Waals surface area contributed by atoms with Gasteiger partial charge < -0.3 is 29.6 Å². The van der Waals surface area contributed by atoms with Crippen LogP contribution >= 0.6 is 94.1 Å². The number of amides is 2. The second-order valence-corrected chi connectivity index (χ2v) is 25.2. The van der Waals surface area contributed by atoms with Crippen LogP contribution in [0.4, 0.5) is 11.4 Å². The smallest absolute Gasteiger partial charge is 0.262 e. The molecule has 4 aliphatic heterocycles. The normalized spacial score (nSPS) is 16.1. The quantitative estimate of drug-likeness (QED) is 0.0982. The Morgan fingerprint density at radius 3 is 1.03 bits per heavy atom. The Kier molecular flexibility index (Phi) is 18.1. The fraction of sp³-hybridized carbons (Fsp3) is 0.296. The van der Waals surface area contributed by atoms with Crippen molar-refractivity contribution in [2.45, 2.75) is 79.1 Å². The van der Waals surface area contributed by atoms with Gasteiger partial charge in [-0.1, -0.05) is 158 Å². The van der Waals surface area contributed by atoms with Crippen LogP contribution in [0.1, 0.15) is 97.9 Å². The van der Waals surface area contributed by atoms with E-state index < -0.39 is 0 Å². The van der Waals surface area contributed by atoms with Crippen molar-refractivity contribution in [1.82, 2.24) is 0 Å². The first-order valence-electron chi connectivity index (χ1n) is 23.5. The van der Waals surface area contributed by atoms with Crippen LogP contribution in [-0.4, -0.2) is 38.2 Å². The summed E-state index contributed by atoms with van der Waals surface area (Å²) in [4.78, 5) is 29.6. The van der Waals surface area contributed by atoms with E-state index in [2.05, 4.69) is 121 Å². The summed E-state index contributed by atoms with van der Waals surface area (Å²) < 4.78 is 31.8. The summed E-state index contributed by atoms with van der Waals surface area (Å²) in [7, 11) is 0. The SMILES string of the molecule is CCCOc1c2cccc1Cc1cc(NC(=O)C3=CSC(=C4SC=CS4)S3)cc(c1OCCC)Cc1cccc(c1OCCC)Cc1cc(NC(=O)C3=CSC(=C4SC=CS4)S3)cc(c1OCCC)C2. The fourth-order valence-corrected chi connectivity index (χ4v) is 17.0. The van der Waals surface area contributed by atoms with Crippen molar-refractivity contribution in [2.75, 3.05) is 37.1 Å². The second-order valence-electron chi connectivity index (χ2n) is 16.6. The number of para-hydroxylation sites is 2. The third kappa shape index (κ3) is 12.4. The molecule has 2 N–H and O–H groups in total. The van der Waals surface area contributed by atoms with E-state index in [4.69, 9.17) is 18.9 Å². The molecule has 0 radical (unpaired) electrons. The third-order valence-electron chi connectivity index (χ3n) is 11.2. The van der Waals surface area contributed by atoms with Gasteiger partial charge in [0.1, 0.15) is 23.0 Å². The Hall–Kier alpha value is -3.74. The van der Waals surface area contributed by atoms with Crippen molar-refractivity contribution in [2.24, 2.45) is 0 Å². The lowest BCUT2D eigenvalue weighted by Crippen LogP contribution is -2.14. The monoisotopic (exact) mass is 1080 g/mol. The number of hydrogen-bond acceptors (Lipinski definition) is 14. The van der Waals surface area contributed by atoms with Crippen LogP contribution in [-0.2, 0) is 35.3 Å². The Labute approximate surface area is 445 Å². The van der Waals surface area contributed by atoms with E-state index in [1.54, 1.807) is 70.6 Å². The third-order valence-corrected chi connectivity index (χ3v) is 21.3. The first kappa shape index (κ1) is 51.2. The van der Waals surface area contributed by atoms with Crippen LogP contribution in [0.3, 0.4) is 0 Å². The largest absolute Gasteiger partial charge is 0.493 e. The molecule has 4 aromatic carbocycles. The molecule has 9 rings (SSSR count). The number of hydrogen-bond donors (Lipinski definition) is 2. The van der Waals surface area contributed by atoms with Gasteiger partial charge in [-0.25, -0.2) is 0 Å². The van der Waals surface area contributed by atoms with Crippen molar-refractivity contribution in [3.05, 3.63) is 164 Å². The van der Waals surface area contributed by atoms with Crippen molar-refractivity contribution in [3.63, 3.8) is 0 Å². The van der Waals surface area contributed by atoms with E-state index >= 15 is 0 Å². The number of thioether (sulfide) groups is 8. The van der Waals surface area contributed by atoms with Crippen molar-refractivity contribution in [3.8, 4) is 23.0 Å². The molecule has 16 heteroatoms. The lowest BCUT2D eigenvalue weighted by atomic mass is 9.90. The average molecular weight is 1080 g/mol. The molecule has 70 heavy (non-hydrogen) atoms. The van der Waals surface area contributed by atoms with E-state index in [1.165, 1.54) is 32.0 Å². The van der Waals surface area contributed by atoms with Crippen LogP contribution in [0.15, 0.2) is 120 Å². The number of fused-ring (bicyclic) bond motifs is 8. The number of anilines is 2. The molecule has 364 valence electrons. The summed E-state index contributed by atoms with van der Waals surface area (Å²) in [5, 5.41) is 18.8. The highest BCUT2D eigenvalue weighted by molar-refractivity contribution is 8.34. The molecule has 0 unspecified atom stereocenters. The maximum absolute atomic E-state index is 14.1. The van der Waals surface area contributed by atoms with Crippen molar-refractivity contribution in [1.29, 1.82) is 0 Å². The molecular formula is C54H54N2O6S8. The number of ether oxygens (including phenoxy) is 4. The summed E-state index contributed by atoms with van der Waals surface area (Å²) in [5.41, 5.74) is 9.23. The predicted octanol–water partition coefficient (Wildman–Crippen LogP) is 16.2. The average Bonchev–Trinajstić information content (AvgIpc) is 4.22. The molecule has 0 saturated heterocycles. The number of carbonyl (C=O) groups is 2. The molecule has 5 aliphatic rings. The first-order valence-corrected chi connectivity index (χ1v) is 30.4. The Morgan fingerprint density at radius 1 is 0.429 bits per heavy atom. The number of nitrogens with one attached hydrogen (secondary N) is 2. The van der Waals surface area contributed by atoms with Gasteiger partial charge in [-0.15, -0.1) is 0 Å². The van der Waals surface area contributed by atoms with Crippen molar-refractivity contribution < 1.29 is 28.5 Å². The lowest BCUT2D eigenvalue weighted by Gasteiger charge is -2.24. The van der Waals surface area contributed by atoms with Gasteiger partial charge >= 0.3 is 0 Å². The number of benzene rings is 4. The van der Waals surface area contributed by atoms with Crippen LogP contribution in [0, 0.1) is 0 Å². The molecule has 0 aromatic heterocycles. The van der Waals surface area contributed by atoms with Gasteiger partial charge in [0, 0.05) is 59.3 Å². The standard InChI is InChI=1S/C54H54N2O6S8/c1-5-15-59-45-33-11-9-12-34(45)24-38-28-42(56-50(58)44-32-68-54(70-44)52-65-21-22-66-52)30-40(48(38)62-18-8-4)26-36-14-10-13-35(46(36)60-16-6-2)25-39-29-41(27-37(23-33)47(39)61-17-7-3)55-49(57)43-31-67-53(69-43)51-63-19-20-64-51/h9-14,19-22,27-32H,5-8,15-18,23-26H2,1-4H3,(H,55,57)(H,56,58). The molecule has 8 bridgehead atoms. The van der Waals surface area contributed by atoms with E-state index in [9.17, 15) is 9.59 Å². The minimum Gasteiger partial charge on any atom is -0.493 e. The molecule has 4 aromatic rings. The van der Waals surface area contributed by atoms with E-state index in [-0.39, 0.29) is 11.8 Å². The minimum atomic E-state index is -0.143. The van der Waals surface area contributed by atoms with Gasteiger partial charge in [-0.2, -0.15) is 0 Å². The highest BCUT2D eigenvalue weighted by Gasteiger charge is 2.28. The summed E-state index contributed by atoms with van der Waals surface area (Å²) >= 11 is 13.0. The summed E-state index contributed by atoms with van der Waals surface area (Å²) in [6, 6.07) is 21.0. The minimum absolute atomic E-state index is 0.143. The van der Waals surface area contributed by atoms with Gasteiger partial charge in [-0.05, 0) is 105 Å². The zero-order valence-electron chi connectivity index (χ0n) is 39.4. The molecule has 1 aliphatic carbocycles. The zero-order chi connectivity index (χ0) is 48.4. The molecular weight excluding hydrogens is 1030 g/mol. The van der Waals surface area contributed by atoms with E-state index in [1.807, 2.05) is 10.8 Å². The molecule has 0 saturated carbocycles. The van der Waals surface area contributed by atoms with E-state index in [0.717, 1.165) is 102 Å². The lowest BCUT2D eigenvalue weighted by molar-refractivity contribution is -0.113. The summed E-state index contributed by atoms with van der Waals surface area (Å²) in [6.45, 7) is 10.6. The highest BCUT2D eigenvalue weighted by Crippen LogP contribution is 2.55. The first-order chi connectivity index (χ1) is 34.3. The van der Waals surface area contributed by atoms with Crippen LogP contribution in [0.5, 0.6) is 23.0 Å². The molecule has 8 nitrogen and oxygen atoms in total.